The van der Waals surface area contributed by atoms with Gasteiger partial charge in [0.2, 0.25) is 5.95 Å². The molecule has 1 aliphatic heterocycles. The molecule has 0 aliphatic carbocycles. The minimum Gasteiger partial charge on any atom is -0.477 e. The molecule has 0 bridgehead atoms. The highest BCUT2D eigenvalue weighted by Crippen LogP contribution is 2.24. The summed E-state index contributed by atoms with van der Waals surface area (Å²) in [5.74, 6) is 0.151. The number of aliphatic carboxylic acids is 1. The zero-order chi connectivity index (χ0) is 20.4. The molecular weight excluding hydrogens is 358 g/mol. The molecule has 0 unspecified atom stereocenters. The van der Waals surface area contributed by atoms with Crippen molar-refractivity contribution in [2.75, 3.05) is 18.0 Å². The summed E-state index contributed by atoms with van der Waals surface area (Å²) in [4.78, 5) is 26.6. The molecule has 0 saturated carbocycles. The van der Waals surface area contributed by atoms with Gasteiger partial charge < -0.3 is 19.9 Å². The van der Waals surface area contributed by atoms with Crippen molar-refractivity contribution in [1.82, 2.24) is 19.5 Å². The predicted octanol–water partition coefficient (Wildman–Crippen LogP) is 0.663. The number of aromatic nitrogens is 4. The molecule has 2 aromatic rings. The van der Waals surface area contributed by atoms with Crippen molar-refractivity contribution in [3.63, 3.8) is 0 Å². The van der Waals surface area contributed by atoms with Gasteiger partial charge in [0.05, 0.1) is 23.7 Å². The van der Waals surface area contributed by atoms with E-state index in [2.05, 4.69) is 20.3 Å². The number of rotatable bonds is 6. The maximum absolute atomic E-state index is 11.5. The van der Waals surface area contributed by atoms with E-state index in [0.717, 1.165) is 17.1 Å². The van der Waals surface area contributed by atoms with Crippen molar-refractivity contribution in [1.29, 1.82) is 5.41 Å². The monoisotopic (exact) mass is 384 g/mol. The number of hydrogen-bond acceptors (Lipinski definition) is 6. The fraction of sp³-hybridized carbons (Fsp3) is 0.421. The molecule has 1 atom stereocenters. The van der Waals surface area contributed by atoms with E-state index in [1.165, 1.54) is 0 Å². The molecule has 28 heavy (non-hydrogen) atoms. The molecule has 0 aromatic carbocycles. The second kappa shape index (κ2) is 7.89. The van der Waals surface area contributed by atoms with Crippen LogP contribution in [0.1, 0.15) is 20.8 Å². The first kappa shape index (κ1) is 19.7. The Kier molecular flexibility index (Phi) is 5.55. The SMILES string of the molecule is CC(C)[NH2+]C1=C(C(=N)C(=O)O)CN(c2ncc(-c3nccn3C)cn2)C[C@@H]1C. The number of nitrogens with one attached hydrogen (secondary N) is 1. The molecule has 4 N–H and O–H groups in total. The summed E-state index contributed by atoms with van der Waals surface area (Å²) >= 11 is 0. The highest BCUT2D eigenvalue weighted by atomic mass is 16.4. The van der Waals surface area contributed by atoms with Gasteiger partial charge in [-0.2, -0.15) is 0 Å². The van der Waals surface area contributed by atoms with Gasteiger partial charge >= 0.3 is 5.97 Å². The van der Waals surface area contributed by atoms with Crippen LogP contribution in [-0.4, -0.2) is 55.4 Å². The second-order valence-electron chi connectivity index (χ2n) is 7.44. The molecule has 9 heteroatoms. The number of carbonyl (C=O) groups is 1. The van der Waals surface area contributed by atoms with E-state index in [9.17, 15) is 9.90 Å². The first-order chi connectivity index (χ1) is 13.3. The van der Waals surface area contributed by atoms with E-state index in [-0.39, 0.29) is 17.7 Å². The summed E-state index contributed by atoms with van der Waals surface area (Å²) in [6.45, 7) is 7.10. The Morgan fingerprint density at radius 3 is 2.54 bits per heavy atom. The van der Waals surface area contributed by atoms with Crippen molar-refractivity contribution < 1.29 is 15.2 Å². The van der Waals surface area contributed by atoms with Gasteiger partial charge in [0.1, 0.15) is 11.5 Å². The van der Waals surface area contributed by atoms with Gasteiger partial charge in [-0.05, 0) is 13.8 Å². The summed E-state index contributed by atoms with van der Waals surface area (Å²) < 4.78 is 1.89. The quantitative estimate of drug-likeness (QED) is 0.629. The summed E-state index contributed by atoms with van der Waals surface area (Å²) in [5.41, 5.74) is 1.90. The van der Waals surface area contributed by atoms with Crippen LogP contribution in [0.2, 0.25) is 0 Å². The zero-order valence-corrected chi connectivity index (χ0v) is 16.5. The Bertz CT molecular complexity index is 915. The van der Waals surface area contributed by atoms with Crippen molar-refractivity contribution >= 4 is 17.6 Å². The van der Waals surface area contributed by atoms with Crippen molar-refractivity contribution in [2.45, 2.75) is 26.8 Å². The number of carboxylic acids is 1. The minimum absolute atomic E-state index is 0.0728. The second-order valence-corrected chi connectivity index (χ2v) is 7.44. The first-order valence-corrected chi connectivity index (χ1v) is 9.22. The minimum atomic E-state index is -1.22. The van der Waals surface area contributed by atoms with Crippen LogP contribution in [0.25, 0.3) is 11.4 Å². The lowest BCUT2D eigenvalue weighted by Crippen LogP contribution is -2.88. The smallest absolute Gasteiger partial charge is 0.354 e. The third kappa shape index (κ3) is 3.94. The van der Waals surface area contributed by atoms with Crippen LogP contribution in [-0.2, 0) is 11.8 Å². The fourth-order valence-electron chi connectivity index (χ4n) is 3.45. The molecule has 0 fully saturated rings. The lowest BCUT2D eigenvalue weighted by atomic mass is 9.93. The molecule has 148 valence electrons. The van der Waals surface area contributed by atoms with E-state index in [4.69, 9.17) is 5.41 Å². The topological polar surface area (TPSA) is 125 Å². The van der Waals surface area contributed by atoms with Crippen LogP contribution in [0, 0.1) is 11.3 Å². The summed E-state index contributed by atoms with van der Waals surface area (Å²) in [6.07, 6.45) is 7.02. The molecular formula is C19H26N7O2+. The molecule has 3 heterocycles. The number of quaternary nitrogens is 1. The molecule has 0 radical (unpaired) electrons. The van der Waals surface area contributed by atoms with Crippen LogP contribution in [0.3, 0.4) is 0 Å². The van der Waals surface area contributed by atoms with Crippen molar-refractivity contribution in [3.05, 3.63) is 36.1 Å². The lowest BCUT2D eigenvalue weighted by Gasteiger charge is -2.33. The van der Waals surface area contributed by atoms with Crippen molar-refractivity contribution in [3.8, 4) is 11.4 Å². The number of nitrogens with two attached hydrogens (primary N) is 1. The molecule has 0 amide bonds. The number of anilines is 1. The standard InChI is InChI=1S/C19H25N7O2/c1-11(2)24-16-12(3)9-26(10-14(16)15(20)18(27)28)19-22-7-13(8-23-19)17-21-5-6-25(17)4/h5-8,11-12,20,24H,9-10H2,1-4H3,(H,27,28)/p+1/t12-/m0/s1. The summed E-state index contributed by atoms with van der Waals surface area (Å²) in [7, 11) is 1.91. The molecule has 3 rings (SSSR count). The van der Waals surface area contributed by atoms with E-state index in [1.807, 2.05) is 43.5 Å². The summed E-state index contributed by atoms with van der Waals surface area (Å²) in [5, 5.41) is 19.5. The van der Waals surface area contributed by atoms with Gasteiger partial charge in [-0.15, -0.1) is 0 Å². The molecule has 0 saturated heterocycles. The van der Waals surface area contributed by atoms with Gasteiger partial charge in [0.15, 0.2) is 5.71 Å². The van der Waals surface area contributed by atoms with E-state index < -0.39 is 5.97 Å². The van der Waals surface area contributed by atoms with Crippen molar-refractivity contribution in [2.24, 2.45) is 13.0 Å². The average molecular weight is 384 g/mol. The Morgan fingerprint density at radius 1 is 1.32 bits per heavy atom. The van der Waals surface area contributed by atoms with Gasteiger partial charge in [0.25, 0.3) is 0 Å². The maximum Gasteiger partial charge on any atom is 0.354 e. The number of carboxylic acid groups (broad SMARTS) is 1. The normalized spacial score (nSPS) is 17.3. The molecule has 2 aromatic heterocycles. The summed E-state index contributed by atoms with van der Waals surface area (Å²) in [6, 6.07) is 0.272. The Labute approximate surface area is 163 Å². The molecule has 1 aliphatic rings. The van der Waals surface area contributed by atoms with Gasteiger partial charge in [0, 0.05) is 44.3 Å². The van der Waals surface area contributed by atoms with Gasteiger partial charge in [-0.25, -0.2) is 19.7 Å². The molecule has 9 nitrogen and oxygen atoms in total. The third-order valence-electron chi connectivity index (χ3n) is 4.75. The number of hydrogen-bond donors (Lipinski definition) is 3. The van der Waals surface area contributed by atoms with Gasteiger partial charge in [-0.3, -0.25) is 5.41 Å². The fourth-order valence-corrected chi connectivity index (χ4v) is 3.45. The number of imidazole rings is 1. The average Bonchev–Trinajstić information content (AvgIpc) is 3.08. The van der Waals surface area contributed by atoms with E-state index >= 15 is 0 Å². The zero-order valence-electron chi connectivity index (χ0n) is 16.5. The largest absolute Gasteiger partial charge is 0.477 e. The Hall–Kier alpha value is -3.07. The van der Waals surface area contributed by atoms with Crippen LogP contribution < -0.4 is 10.2 Å². The highest BCUT2D eigenvalue weighted by Gasteiger charge is 2.33. The number of aryl methyl sites for hydroxylation is 1. The number of nitrogens with zero attached hydrogens (tertiary/aromatic N) is 5. The van der Waals surface area contributed by atoms with Crippen LogP contribution in [0.5, 0.6) is 0 Å². The van der Waals surface area contributed by atoms with Crippen LogP contribution in [0.15, 0.2) is 36.1 Å². The molecule has 0 spiro atoms. The Morgan fingerprint density at radius 2 is 2.00 bits per heavy atom. The maximum atomic E-state index is 11.5. The first-order valence-electron chi connectivity index (χ1n) is 9.22. The van der Waals surface area contributed by atoms with E-state index in [1.54, 1.807) is 18.6 Å². The highest BCUT2D eigenvalue weighted by molar-refractivity contribution is 6.41. The van der Waals surface area contributed by atoms with E-state index in [0.29, 0.717) is 24.6 Å². The van der Waals surface area contributed by atoms with Crippen LogP contribution in [0.4, 0.5) is 5.95 Å². The lowest BCUT2D eigenvalue weighted by molar-refractivity contribution is -0.642. The predicted molar refractivity (Wildman–Crippen MR) is 105 cm³/mol. The Balaban J connectivity index is 1.90. The van der Waals surface area contributed by atoms with Crippen LogP contribution >= 0.6 is 0 Å². The van der Waals surface area contributed by atoms with Gasteiger partial charge in [-0.1, -0.05) is 6.92 Å². The third-order valence-corrected chi connectivity index (χ3v) is 4.75.